The first-order chi connectivity index (χ1) is 5.77. The first-order valence-electron chi connectivity index (χ1n) is 4.52. The van der Waals surface area contributed by atoms with E-state index in [0.717, 1.165) is 38.5 Å². The highest BCUT2D eigenvalue weighted by Gasteiger charge is 2.33. The van der Waals surface area contributed by atoms with Crippen molar-refractivity contribution in [1.29, 1.82) is 0 Å². The van der Waals surface area contributed by atoms with Gasteiger partial charge in [0.05, 0.1) is 0 Å². The summed E-state index contributed by atoms with van der Waals surface area (Å²) in [6.07, 6.45) is 1.11. The van der Waals surface area contributed by atoms with E-state index in [1.165, 1.54) is 0 Å². The fourth-order valence-corrected chi connectivity index (χ4v) is 2.24. The SMILES string of the molecule is NC(=O)N1CCC2CNCC2C1. The van der Waals surface area contributed by atoms with Crippen LogP contribution >= 0.6 is 0 Å². The van der Waals surface area contributed by atoms with E-state index in [9.17, 15) is 4.79 Å². The topological polar surface area (TPSA) is 58.4 Å². The van der Waals surface area contributed by atoms with E-state index < -0.39 is 0 Å². The molecule has 0 radical (unpaired) electrons. The largest absolute Gasteiger partial charge is 0.351 e. The highest BCUT2D eigenvalue weighted by molar-refractivity contribution is 5.72. The molecule has 2 heterocycles. The van der Waals surface area contributed by atoms with Crippen LogP contribution < -0.4 is 11.1 Å². The van der Waals surface area contributed by atoms with Gasteiger partial charge < -0.3 is 16.0 Å². The predicted molar refractivity (Wildman–Crippen MR) is 45.6 cm³/mol. The second-order valence-electron chi connectivity index (χ2n) is 3.75. The summed E-state index contributed by atoms with van der Waals surface area (Å²) in [7, 11) is 0. The third-order valence-corrected chi connectivity index (χ3v) is 3.02. The summed E-state index contributed by atoms with van der Waals surface area (Å²) >= 11 is 0. The molecule has 0 bridgehead atoms. The van der Waals surface area contributed by atoms with Crippen molar-refractivity contribution in [2.45, 2.75) is 6.42 Å². The molecule has 12 heavy (non-hydrogen) atoms. The molecule has 3 N–H and O–H groups in total. The zero-order valence-corrected chi connectivity index (χ0v) is 7.12. The molecule has 2 amide bonds. The highest BCUT2D eigenvalue weighted by atomic mass is 16.2. The lowest BCUT2D eigenvalue weighted by Crippen LogP contribution is -2.45. The van der Waals surface area contributed by atoms with Crippen molar-refractivity contribution in [2.24, 2.45) is 17.6 Å². The van der Waals surface area contributed by atoms with E-state index in [1.807, 2.05) is 0 Å². The molecule has 0 aromatic rings. The summed E-state index contributed by atoms with van der Waals surface area (Å²) in [5.74, 6) is 1.42. The molecule has 0 spiro atoms. The van der Waals surface area contributed by atoms with E-state index in [1.54, 1.807) is 4.90 Å². The maximum atomic E-state index is 10.9. The van der Waals surface area contributed by atoms with Crippen LogP contribution in [0.1, 0.15) is 6.42 Å². The Kier molecular flexibility index (Phi) is 1.92. The van der Waals surface area contributed by atoms with Crippen LogP contribution in [0, 0.1) is 11.8 Å². The maximum Gasteiger partial charge on any atom is 0.314 e. The second kappa shape index (κ2) is 2.94. The summed E-state index contributed by atoms with van der Waals surface area (Å²) in [6.45, 7) is 3.87. The van der Waals surface area contributed by atoms with Crippen LogP contribution in [-0.2, 0) is 0 Å². The van der Waals surface area contributed by atoms with Crippen molar-refractivity contribution in [2.75, 3.05) is 26.2 Å². The van der Waals surface area contributed by atoms with Crippen LogP contribution in [0.4, 0.5) is 4.79 Å². The Balaban J connectivity index is 1.96. The van der Waals surface area contributed by atoms with Gasteiger partial charge in [-0.3, -0.25) is 0 Å². The Morgan fingerprint density at radius 2 is 2.17 bits per heavy atom. The average molecular weight is 169 g/mol. The Morgan fingerprint density at radius 1 is 1.42 bits per heavy atom. The zero-order valence-electron chi connectivity index (χ0n) is 7.12. The van der Waals surface area contributed by atoms with Gasteiger partial charge in [-0.05, 0) is 31.3 Å². The monoisotopic (exact) mass is 169 g/mol. The van der Waals surface area contributed by atoms with Gasteiger partial charge in [-0.2, -0.15) is 0 Å². The average Bonchev–Trinajstić information content (AvgIpc) is 2.49. The van der Waals surface area contributed by atoms with Gasteiger partial charge in [-0.15, -0.1) is 0 Å². The Bertz CT molecular complexity index is 195. The van der Waals surface area contributed by atoms with Crippen molar-refractivity contribution in [3.05, 3.63) is 0 Å². The number of hydrogen-bond donors (Lipinski definition) is 2. The number of nitrogens with one attached hydrogen (secondary N) is 1. The van der Waals surface area contributed by atoms with E-state index in [2.05, 4.69) is 5.32 Å². The van der Waals surface area contributed by atoms with E-state index in [4.69, 9.17) is 5.73 Å². The summed E-state index contributed by atoms with van der Waals surface area (Å²) in [6, 6.07) is -0.264. The number of amides is 2. The number of hydrogen-bond acceptors (Lipinski definition) is 2. The molecular formula is C8H15N3O. The quantitative estimate of drug-likeness (QED) is 0.518. The van der Waals surface area contributed by atoms with E-state index in [0.29, 0.717) is 5.92 Å². The minimum atomic E-state index is -0.264. The van der Waals surface area contributed by atoms with Crippen molar-refractivity contribution < 1.29 is 4.79 Å². The van der Waals surface area contributed by atoms with E-state index >= 15 is 0 Å². The normalized spacial score (nSPS) is 34.8. The molecule has 2 rings (SSSR count). The minimum absolute atomic E-state index is 0.264. The standard InChI is InChI=1S/C8H15N3O/c9-8(12)11-2-1-6-3-10-4-7(6)5-11/h6-7,10H,1-5H2,(H2,9,12). The van der Waals surface area contributed by atoms with Gasteiger partial charge >= 0.3 is 6.03 Å². The predicted octanol–water partition coefficient (Wildman–Crippen LogP) is -0.394. The summed E-state index contributed by atoms with van der Waals surface area (Å²) < 4.78 is 0. The molecule has 0 aromatic heterocycles. The summed E-state index contributed by atoms with van der Waals surface area (Å²) in [5, 5.41) is 3.34. The molecule has 4 heteroatoms. The molecule has 2 atom stereocenters. The highest BCUT2D eigenvalue weighted by Crippen LogP contribution is 2.25. The summed E-state index contributed by atoms with van der Waals surface area (Å²) in [4.78, 5) is 12.6. The molecule has 4 nitrogen and oxygen atoms in total. The van der Waals surface area contributed by atoms with Gasteiger partial charge in [-0.25, -0.2) is 4.79 Å². The molecular weight excluding hydrogens is 154 g/mol. The van der Waals surface area contributed by atoms with Crippen LogP contribution in [0.2, 0.25) is 0 Å². The lowest BCUT2D eigenvalue weighted by molar-refractivity contribution is 0.158. The molecule has 0 saturated carbocycles. The van der Waals surface area contributed by atoms with Crippen molar-refractivity contribution >= 4 is 6.03 Å². The zero-order chi connectivity index (χ0) is 8.55. The Hall–Kier alpha value is -0.770. The van der Waals surface area contributed by atoms with Gasteiger partial charge in [0.2, 0.25) is 0 Å². The molecule has 0 aromatic carbocycles. The lowest BCUT2D eigenvalue weighted by atomic mass is 9.89. The molecule has 2 saturated heterocycles. The molecule has 2 unspecified atom stereocenters. The van der Waals surface area contributed by atoms with Gasteiger partial charge in [0.15, 0.2) is 0 Å². The number of piperidine rings is 1. The van der Waals surface area contributed by atoms with Crippen LogP contribution in [0.5, 0.6) is 0 Å². The maximum absolute atomic E-state index is 10.9. The fourth-order valence-electron chi connectivity index (χ4n) is 2.24. The van der Waals surface area contributed by atoms with Crippen molar-refractivity contribution in [3.8, 4) is 0 Å². The second-order valence-corrected chi connectivity index (χ2v) is 3.75. The molecule has 0 aliphatic carbocycles. The number of nitrogens with two attached hydrogens (primary N) is 1. The van der Waals surface area contributed by atoms with Crippen LogP contribution in [0.3, 0.4) is 0 Å². The van der Waals surface area contributed by atoms with Crippen molar-refractivity contribution in [1.82, 2.24) is 10.2 Å². The molecule has 2 fully saturated rings. The first-order valence-corrected chi connectivity index (χ1v) is 4.52. The van der Waals surface area contributed by atoms with Crippen LogP contribution in [0.15, 0.2) is 0 Å². The lowest BCUT2D eigenvalue weighted by Gasteiger charge is -2.33. The number of likely N-dealkylation sites (tertiary alicyclic amines) is 1. The van der Waals surface area contributed by atoms with Gasteiger partial charge in [0.1, 0.15) is 0 Å². The first kappa shape index (κ1) is 7.86. The number of urea groups is 1. The molecule has 68 valence electrons. The van der Waals surface area contributed by atoms with Crippen LogP contribution in [-0.4, -0.2) is 37.1 Å². The third-order valence-electron chi connectivity index (χ3n) is 3.02. The van der Waals surface area contributed by atoms with Crippen molar-refractivity contribution in [3.63, 3.8) is 0 Å². The number of fused-ring (bicyclic) bond motifs is 1. The summed E-state index contributed by atoms with van der Waals surface area (Å²) in [5.41, 5.74) is 5.22. The van der Waals surface area contributed by atoms with Gasteiger partial charge in [0.25, 0.3) is 0 Å². The number of carbonyl (C=O) groups is 1. The number of nitrogens with zero attached hydrogens (tertiary/aromatic N) is 1. The molecule has 2 aliphatic rings. The fraction of sp³-hybridized carbons (Fsp3) is 0.875. The third kappa shape index (κ3) is 1.27. The van der Waals surface area contributed by atoms with Gasteiger partial charge in [0, 0.05) is 13.1 Å². The number of primary amides is 1. The van der Waals surface area contributed by atoms with E-state index in [-0.39, 0.29) is 6.03 Å². The Morgan fingerprint density at radius 3 is 2.92 bits per heavy atom. The number of carbonyl (C=O) groups excluding carboxylic acids is 1. The van der Waals surface area contributed by atoms with Gasteiger partial charge in [-0.1, -0.05) is 0 Å². The number of rotatable bonds is 0. The Labute approximate surface area is 72.1 Å². The smallest absolute Gasteiger partial charge is 0.314 e. The molecule has 2 aliphatic heterocycles. The van der Waals surface area contributed by atoms with Crippen LogP contribution in [0.25, 0.3) is 0 Å². The minimum Gasteiger partial charge on any atom is -0.351 e.